The third-order valence-electron chi connectivity index (χ3n) is 4.29. The summed E-state index contributed by atoms with van der Waals surface area (Å²) in [6.45, 7) is 2.95. The Morgan fingerprint density at radius 1 is 1.12 bits per heavy atom. The molecule has 1 aliphatic heterocycles. The number of aromatic nitrogens is 2. The second-order valence-corrected chi connectivity index (χ2v) is 7.18. The van der Waals surface area contributed by atoms with Gasteiger partial charge in [-0.3, -0.25) is 0 Å². The van der Waals surface area contributed by atoms with Crippen molar-refractivity contribution in [3.05, 3.63) is 71.0 Å². The van der Waals surface area contributed by atoms with Crippen LogP contribution in [0.2, 0.25) is 0 Å². The van der Waals surface area contributed by atoms with Crippen LogP contribution >= 0.6 is 11.8 Å². The van der Waals surface area contributed by atoms with Crippen molar-refractivity contribution < 1.29 is 14.6 Å². The lowest BCUT2D eigenvalue weighted by Gasteiger charge is -2.11. The van der Waals surface area contributed by atoms with Crippen LogP contribution in [-0.2, 0) is 18.9 Å². The molecule has 5 nitrogen and oxygen atoms in total. The summed E-state index contributed by atoms with van der Waals surface area (Å²) < 4.78 is 12.9. The fourth-order valence-electron chi connectivity index (χ4n) is 2.97. The average Bonchev–Trinajstić information content (AvgIpc) is 3.26. The van der Waals surface area contributed by atoms with Crippen LogP contribution in [0.15, 0.2) is 53.8 Å². The van der Waals surface area contributed by atoms with Crippen LogP contribution in [0, 0.1) is 6.92 Å². The van der Waals surface area contributed by atoms with Gasteiger partial charge in [-0.05, 0) is 30.2 Å². The molecule has 0 fully saturated rings. The number of hydrogen-bond acceptors (Lipinski definition) is 5. The van der Waals surface area contributed by atoms with Crippen LogP contribution in [-0.4, -0.2) is 21.5 Å². The summed E-state index contributed by atoms with van der Waals surface area (Å²) in [5.74, 6) is 2.38. The van der Waals surface area contributed by atoms with E-state index in [0.717, 1.165) is 33.7 Å². The molecule has 6 heteroatoms. The Labute approximate surface area is 156 Å². The number of imidazole rings is 1. The number of aryl methyl sites for hydroxylation is 1. The summed E-state index contributed by atoms with van der Waals surface area (Å²) in [6.07, 6.45) is 1.74. The van der Waals surface area contributed by atoms with Crippen LogP contribution in [0.4, 0.5) is 0 Å². The summed E-state index contributed by atoms with van der Waals surface area (Å²) in [4.78, 5) is 4.50. The molecule has 0 spiro atoms. The number of rotatable bonds is 6. The van der Waals surface area contributed by atoms with E-state index in [1.165, 1.54) is 11.1 Å². The molecule has 0 bridgehead atoms. The molecule has 0 amide bonds. The maximum absolute atomic E-state index is 9.67. The second-order valence-electron chi connectivity index (χ2n) is 6.24. The highest BCUT2D eigenvalue weighted by molar-refractivity contribution is 7.98. The van der Waals surface area contributed by atoms with E-state index < -0.39 is 0 Å². The molecule has 2 aromatic carbocycles. The second kappa shape index (κ2) is 7.43. The molecule has 3 aromatic rings. The molecular weight excluding hydrogens is 348 g/mol. The summed E-state index contributed by atoms with van der Waals surface area (Å²) in [5.41, 5.74) is 4.40. The van der Waals surface area contributed by atoms with Crippen LogP contribution in [0.1, 0.15) is 22.4 Å². The highest BCUT2D eigenvalue weighted by Crippen LogP contribution is 2.33. The Hall–Kier alpha value is -2.44. The van der Waals surface area contributed by atoms with Gasteiger partial charge >= 0.3 is 0 Å². The van der Waals surface area contributed by atoms with Gasteiger partial charge in [0, 0.05) is 5.75 Å². The highest BCUT2D eigenvalue weighted by Gasteiger charge is 2.15. The summed E-state index contributed by atoms with van der Waals surface area (Å²) in [6, 6.07) is 14.4. The molecule has 1 aromatic heterocycles. The van der Waals surface area contributed by atoms with Crippen molar-refractivity contribution in [2.45, 2.75) is 31.0 Å². The molecule has 0 atom stereocenters. The number of benzene rings is 2. The van der Waals surface area contributed by atoms with Gasteiger partial charge in [-0.2, -0.15) is 0 Å². The lowest BCUT2D eigenvalue weighted by Crippen LogP contribution is -2.06. The molecule has 0 aliphatic carbocycles. The smallest absolute Gasteiger partial charge is 0.231 e. The van der Waals surface area contributed by atoms with Crippen molar-refractivity contribution in [2.75, 3.05) is 6.79 Å². The van der Waals surface area contributed by atoms with Crippen molar-refractivity contribution in [3.63, 3.8) is 0 Å². The van der Waals surface area contributed by atoms with E-state index in [1.54, 1.807) is 18.0 Å². The Morgan fingerprint density at radius 3 is 2.85 bits per heavy atom. The van der Waals surface area contributed by atoms with Gasteiger partial charge < -0.3 is 19.1 Å². The summed E-state index contributed by atoms with van der Waals surface area (Å²) in [7, 11) is 0. The van der Waals surface area contributed by atoms with Crippen LogP contribution in [0.5, 0.6) is 11.5 Å². The first-order chi connectivity index (χ1) is 12.7. The van der Waals surface area contributed by atoms with Crippen molar-refractivity contribution in [2.24, 2.45) is 0 Å². The van der Waals surface area contributed by atoms with Crippen LogP contribution in [0.25, 0.3) is 0 Å². The Morgan fingerprint density at radius 2 is 2.00 bits per heavy atom. The number of ether oxygens (including phenoxy) is 2. The van der Waals surface area contributed by atoms with Gasteiger partial charge in [0.25, 0.3) is 0 Å². The SMILES string of the molecule is Cc1cccc(CSc2ncc(CO)n2Cc2ccc3c(c2)OCO3)c1. The average molecular weight is 368 g/mol. The van der Waals surface area contributed by atoms with E-state index >= 15 is 0 Å². The maximum atomic E-state index is 9.67. The van der Waals surface area contributed by atoms with Crippen LogP contribution in [0.3, 0.4) is 0 Å². The maximum Gasteiger partial charge on any atom is 0.231 e. The Balaban J connectivity index is 1.54. The third-order valence-corrected chi connectivity index (χ3v) is 5.35. The molecule has 4 rings (SSSR count). The largest absolute Gasteiger partial charge is 0.454 e. The van der Waals surface area contributed by atoms with E-state index in [1.807, 2.05) is 18.2 Å². The zero-order valence-electron chi connectivity index (χ0n) is 14.5. The van der Waals surface area contributed by atoms with E-state index in [9.17, 15) is 5.11 Å². The molecule has 26 heavy (non-hydrogen) atoms. The van der Waals surface area contributed by atoms with Gasteiger partial charge in [0.2, 0.25) is 6.79 Å². The number of thioether (sulfide) groups is 1. The summed E-state index contributed by atoms with van der Waals surface area (Å²) >= 11 is 1.67. The predicted octanol–water partition coefficient (Wildman–Crippen LogP) is 3.75. The highest BCUT2D eigenvalue weighted by atomic mass is 32.2. The Kier molecular flexibility index (Phi) is 4.86. The first-order valence-electron chi connectivity index (χ1n) is 8.45. The standard InChI is InChI=1S/C20H20N2O3S/c1-14-3-2-4-16(7-14)12-26-20-21-9-17(11-23)22(20)10-15-5-6-18-19(8-15)25-13-24-18/h2-9,23H,10-13H2,1H3. The summed E-state index contributed by atoms with van der Waals surface area (Å²) in [5, 5.41) is 10.6. The molecule has 2 heterocycles. The molecule has 1 N–H and O–H groups in total. The topological polar surface area (TPSA) is 56.5 Å². The zero-order valence-corrected chi connectivity index (χ0v) is 15.3. The quantitative estimate of drug-likeness (QED) is 0.672. The van der Waals surface area contributed by atoms with Gasteiger partial charge in [0.15, 0.2) is 16.7 Å². The van der Waals surface area contributed by atoms with Gasteiger partial charge in [0.1, 0.15) is 0 Å². The van der Waals surface area contributed by atoms with Gasteiger partial charge in [-0.1, -0.05) is 47.7 Å². The third kappa shape index (κ3) is 3.57. The Bertz CT molecular complexity index is 923. The van der Waals surface area contributed by atoms with Crippen molar-refractivity contribution >= 4 is 11.8 Å². The number of nitrogens with zero attached hydrogens (tertiary/aromatic N) is 2. The molecule has 0 saturated heterocycles. The minimum absolute atomic E-state index is 0.0391. The van der Waals surface area contributed by atoms with Crippen molar-refractivity contribution in [1.82, 2.24) is 9.55 Å². The van der Waals surface area contributed by atoms with E-state index in [-0.39, 0.29) is 13.4 Å². The monoisotopic (exact) mass is 368 g/mol. The molecule has 1 aliphatic rings. The van der Waals surface area contributed by atoms with Gasteiger partial charge in [0.05, 0.1) is 25.0 Å². The van der Waals surface area contributed by atoms with E-state index in [4.69, 9.17) is 9.47 Å². The van der Waals surface area contributed by atoms with Crippen molar-refractivity contribution in [1.29, 1.82) is 0 Å². The number of hydrogen-bond donors (Lipinski definition) is 1. The molecular formula is C20H20N2O3S. The fraction of sp³-hybridized carbons (Fsp3) is 0.250. The fourth-order valence-corrected chi connectivity index (χ4v) is 3.91. The number of aliphatic hydroxyl groups excluding tert-OH is 1. The van der Waals surface area contributed by atoms with Crippen molar-refractivity contribution in [3.8, 4) is 11.5 Å². The molecule has 0 unspecified atom stereocenters. The zero-order chi connectivity index (χ0) is 17.9. The van der Waals surface area contributed by atoms with E-state index in [2.05, 4.69) is 40.7 Å². The minimum Gasteiger partial charge on any atom is -0.454 e. The lowest BCUT2D eigenvalue weighted by atomic mass is 10.2. The molecule has 0 saturated carbocycles. The predicted molar refractivity (Wildman–Crippen MR) is 101 cm³/mol. The normalized spacial score (nSPS) is 12.5. The van der Waals surface area contributed by atoms with Gasteiger partial charge in [-0.25, -0.2) is 4.98 Å². The minimum atomic E-state index is -0.0391. The van der Waals surface area contributed by atoms with Crippen LogP contribution < -0.4 is 9.47 Å². The molecule has 134 valence electrons. The first kappa shape index (κ1) is 17.0. The van der Waals surface area contributed by atoms with Gasteiger partial charge in [-0.15, -0.1) is 0 Å². The van der Waals surface area contributed by atoms with E-state index in [0.29, 0.717) is 6.54 Å². The first-order valence-corrected chi connectivity index (χ1v) is 9.43. The number of aliphatic hydroxyl groups is 1. The molecule has 0 radical (unpaired) electrons. The number of fused-ring (bicyclic) bond motifs is 1. The lowest BCUT2D eigenvalue weighted by molar-refractivity contribution is 0.174.